The molecule has 3 aromatic heterocycles. The van der Waals surface area contributed by atoms with E-state index in [1.54, 1.807) is 16.4 Å². The minimum Gasteiger partial charge on any atom is -0.384 e. The topological polar surface area (TPSA) is 163 Å². The normalized spacial score (nSPS) is 11.1. The van der Waals surface area contributed by atoms with Crippen molar-refractivity contribution in [2.24, 2.45) is 0 Å². The van der Waals surface area contributed by atoms with E-state index in [0.717, 1.165) is 11.2 Å². The number of carbonyl (C=O) groups is 1. The number of hydrogen-bond acceptors (Lipinski definition) is 9. The minimum atomic E-state index is -0.413. The first-order valence-corrected chi connectivity index (χ1v) is 12.8. The first kappa shape index (κ1) is 25.8. The van der Waals surface area contributed by atoms with Crippen LogP contribution in [0, 0.1) is 0 Å². The zero-order valence-corrected chi connectivity index (χ0v) is 21.2. The Morgan fingerprint density at radius 3 is 2.64 bits per heavy atom. The summed E-state index contributed by atoms with van der Waals surface area (Å²) in [6.45, 7) is 1.19. The maximum atomic E-state index is 13.9. The van der Waals surface area contributed by atoms with Crippen molar-refractivity contribution in [3.63, 3.8) is 0 Å². The van der Waals surface area contributed by atoms with Crippen molar-refractivity contribution >= 4 is 39.5 Å². The number of hydroxylamine groups is 1. The highest BCUT2D eigenvalue weighted by Gasteiger charge is 2.16. The summed E-state index contributed by atoms with van der Waals surface area (Å²) in [4.78, 5) is 45.7. The third-order valence-corrected chi connectivity index (χ3v) is 6.34. The second-order valence-electron chi connectivity index (χ2n) is 8.98. The number of aromatic amines is 1. The first-order chi connectivity index (χ1) is 19.2. The number of aromatic nitrogens is 6. The molecule has 0 radical (unpaired) electrons. The van der Waals surface area contributed by atoms with Crippen molar-refractivity contribution in [2.75, 3.05) is 23.7 Å². The zero-order chi connectivity index (χ0) is 27.0. The predicted molar refractivity (Wildman–Crippen MR) is 148 cm³/mol. The van der Waals surface area contributed by atoms with E-state index in [4.69, 9.17) is 10.2 Å². The van der Waals surface area contributed by atoms with Gasteiger partial charge >= 0.3 is 0 Å². The van der Waals surface area contributed by atoms with Gasteiger partial charge in [0, 0.05) is 31.6 Å². The molecule has 0 aliphatic rings. The van der Waals surface area contributed by atoms with Crippen LogP contribution in [0.5, 0.6) is 0 Å². The Balaban J connectivity index is 1.37. The quantitative estimate of drug-likeness (QED) is 0.0931. The second-order valence-corrected chi connectivity index (χ2v) is 8.98. The summed E-state index contributed by atoms with van der Waals surface area (Å²) in [6, 6.07) is 15.1. The molecule has 12 heteroatoms. The molecule has 5 rings (SSSR count). The van der Waals surface area contributed by atoms with Gasteiger partial charge in [0.2, 0.25) is 5.91 Å². The highest BCUT2D eigenvalue weighted by Crippen LogP contribution is 2.22. The lowest BCUT2D eigenvalue weighted by Gasteiger charge is -2.16. The van der Waals surface area contributed by atoms with Crippen molar-refractivity contribution in [3.8, 4) is 5.69 Å². The summed E-state index contributed by atoms with van der Waals surface area (Å²) in [5.41, 5.74) is 4.91. The van der Waals surface area contributed by atoms with Gasteiger partial charge < -0.3 is 15.6 Å². The molecule has 0 atom stereocenters. The molecule has 1 amide bonds. The van der Waals surface area contributed by atoms with Gasteiger partial charge in [-0.15, -0.1) is 0 Å². The second kappa shape index (κ2) is 12.1. The number of rotatable bonds is 12. The average Bonchev–Trinajstić information content (AvgIpc) is 3.45. The Morgan fingerprint density at radius 1 is 0.949 bits per heavy atom. The van der Waals surface area contributed by atoms with Gasteiger partial charge in [-0.05, 0) is 43.5 Å². The van der Waals surface area contributed by atoms with Crippen LogP contribution in [0.3, 0.4) is 0 Å². The van der Waals surface area contributed by atoms with Gasteiger partial charge in [-0.3, -0.25) is 19.4 Å². The molecular formula is C27H29N9O3. The van der Waals surface area contributed by atoms with E-state index in [9.17, 15) is 9.59 Å². The lowest BCUT2D eigenvalue weighted by atomic mass is 10.1. The van der Waals surface area contributed by atoms with E-state index in [1.807, 2.05) is 48.5 Å². The molecule has 200 valence electrons. The minimum absolute atomic E-state index is 0.146. The van der Waals surface area contributed by atoms with Gasteiger partial charge in [0.05, 0.1) is 22.9 Å². The smallest absolute Gasteiger partial charge is 0.268 e. The number of amides is 1. The number of para-hydroxylation sites is 1. The van der Waals surface area contributed by atoms with Gasteiger partial charge in [0.25, 0.3) is 5.56 Å². The van der Waals surface area contributed by atoms with Crippen molar-refractivity contribution in [2.45, 2.75) is 32.1 Å². The summed E-state index contributed by atoms with van der Waals surface area (Å²) in [6.07, 6.45) is 5.88. The fourth-order valence-corrected chi connectivity index (χ4v) is 4.48. The Labute approximate surface area is 223 Å². The largest absolute Gasteiger partial charge is 0.384 e. The van der Waals surface area contributed by atoms with Crippen LogP contribution in [-0.4, -0.2) is 53.7 Å². The molecule has 39 heavy (non-hydrogen) atoms. The summed E-state index contributed by atoms with van der Waals surface area (Å²) >= 11 is 0. The van der Waals surface area contributed by atoms with E-state index < -0.39 is 5.91 Å². The van der Waals surface area contributed by atoms with Gasteiger partial charge in [-0.25, -0.2) is 25.4 Å². The number of nitrogens with zero attached hydrogens (tertiary/aromatic N) is 5. The van der Waals surface area contributed by atoms with E-state index >= 15 is 0 Å². The summed E-state index contributed by atoms with van der Waals surface area (Å²) in [5, 5.41) is 15.8. The maximum absolute atomic E-state index is 13.9. The van der Waals surface area contributed by atoms with Crippen LogP contribution in [0.4, 0.5) is 11.5 Å². The fraction of sp³-hybridized carbons (Fsp3) is 0.259. The molecule has 5 aromatic rings. The molecule has 0 fully saturated rings. The molecule has 0 saturated heterocycles. The van der Waals surface area contributed by atoms with Crippen molar-refractivity contribution in [1.82, 2.24) is 35.0 Å². The van der Waals surface area contributed by atoms with Gasteiger partial charge in [0.15, 0.2) is 11.5 Å². The molecule has 5 N–H and O–H groups in total. The molecular weight excluding hydrogens is 498 g/mol. The predicted octanol–water partition coefficient (Wildman–Crippen LogP) is 3.18. The van der Waals surface area contributed by atoms with E-state index in [0.29, 0.717) is 72.7 Å². The van der Waals surface area contributed by atoms with Gasteiger partial charge in [0.1, 0.15) is 17.7 Å². The number of H-pyrrole nitrogens is 1. The van der Waals surface area contributed by atoms with Crippen LogP contribution in [-0.2, 0) is 11.2 Å². The van der Waals surface area contributed by atoms with Crippen LogP contribution in [0.2, 0.25) is 0 Å². The monoisotopic (exact) mass is 527 g/mol. The number of aryl methyl sites for hydroxylation is 1. The molecule has 2 aromatic carbocycles. The lowest BCUT2D eigenvalue weighted by molar-refractivity contribution is -0.129. The molecule has 0 aliphatic heterocycles. The van der Waals surface area contributed by atoms with E-state index in [2.05, 4.69) is 30.6 Å². The Kier molecular flexibility index (Phi) is 8.03. The maximum Gasteiger partial charge on any atom is 0.268 e. The van der Waals surface area contributed by atoms with Crippen molar-refractivity contribution < 1.29 is 10.0 Å². The van der Waals surface area contributed by atoms with Crippen LogP contribution in [0.1, 0.15) is 31.5 Å². The summed E-state index contributed by atoms with van der Waals surface area (Å²) in [5.74, 6) is 0.934. The van der Waals surface area contributed by atoms with Gasteiger partial charge in [-0.2, -0.15) is 0 Å². The Bertz CT molecular complexity index is 1630. The number of imidazole rings is 1. The molecule has 0 spiro atoms. The molecule has 0 saturated carbocycles. The van der Waals surface area contributed by atoms with Gasteiger partial charge in [-0.1, -0.05) is 24.3 Å². The number of nitrogens with one attached hydrogen (secondary N) is 4. The van der Waals surface area contributed by atoms with Crippen molar-refractivity contribution in [1.29, 1.82) is 0 Å². The SMILES string of the molecule is O=C(CCCCNc1cccc2nc(CCCNc3ncnc4nc[nH]c34)n(-c3ccccc3)c(=O)c12)NO. The Morgan fingerprint density at radius 2 is 1.79 bits per heavy atom. The third-order valence-electron chi connectivity index (χ3n) is 6.34. The Hall–Kier alpha value is -4.84. The number of carbonyl (C=O) groups excluding carboxylic acids is 1. The number of unbranched alkanes of at least 4 members (excludes halogenated alkanes) is 1. The zero-order valence-electron chi connectivity index (χ0n) is 21.2. The standard InChI is InChI=1S/C27H29N9O3/c37-22(35-39)13-4-5-14-28-19-10-6-11-20-23(19)27(38)36(18-8-2-1-3-9-18)21(34-20)12-7-15-29-25-24-26(31-16-30-24)33-17-32-25/h1-3,6,8-11,16-17,28,39H,4-5,7,12-15H2,(H,35,37)(H2,29,30,31,32,33). The lowest BCUT2D eigenvalue weighted by Crippen LogP contribution is -2.25. The molecule has 3 heterocycles. The van der Waals surface area contributed by atoms with Crippen LogP contribution >= 0.6 is 0 Å². The molecule has 12 nitrogen and oxygen atoms in total. The molecule has 0 unspecified atom stereocenters. The highest BCUT2D eigenvalue weighted by atomic mass is 16.5. The van der Waals surface area contributed by atoms with E-state index in [1.165, 1.54) is 6.33 Å². The van der Waals surface area contributed by atoms with Crippen LogP contribution < -0.4 is 21.7 Å². The van der Waals surface area contributed by atoms with Crippen LogP contribution in [0.25, 0.3) is 27.8 Å². The number of hydrogen-bond donors (Lipinski definition) is 5. The third kappa shape index (κ3) is 5.85. The number of fused-ring (bicyclic) bond motifs is 2. The average molecular weight is 528 g/mol. The van der Waals surface area contributed by atoms with Crippen molar-refractivity contribution in [3.05, 3.63) is 77.4 Å². The molecule has 0 bridgehead atoms. The van der Waals surface area contributed by atoms with E-state index in [-0.39, 0.29) is 12.0 Å². The fourth-order valence-electron chi connectivity index (χ4n) is 4.48. The first-order valence-electron chi connectivity index (χ1n) is 12.8. The number of anilines is 2. The summed E-state index contributed by atoms with van der Waals surface area (Å²) in [7, 11) is 0. The van der Waals surface area contributed by atoms with Crippen LogP contribution in [0.15, 0.2) is 66.0 Å². The number of benzene rings is 2. The molecule has 0 aliphatic carbocycles. The summed E-state index contributed by atoms with van der Waals surface area (Å²) < 4.78 is 1.68. The highest BCUT2D eigenvalue weighted by molar-refractivity contribution is 5.91.